The van der Waals surface area contributed by atoms with Crippen LogP contribution in [0.2, 0.25) is 0 Å². The first-order valence-corrected chi connectivity index (χ1v) is 7.22. The van der Waals surface area contributed by atoms with Crippen LogP contribution in [0.3, 0.4) is 0 Å². The molecule has 0 saturated heterocycles. The predicted molar refractivity (Wildman–Crippen MR) is 79.1 cm³/mol. The summed E-state index contributed by atoms with van der Waals surface area (Å²) >= 11 is 4.92. The van der Waals surface area contributed by atoms with Gasteiger partial charge >= 0.3 is 5.97 Å². The van der Waals surface area contributed by atoms with Crippen molar-refractivity contribution in [1.82, 2.24) is 0 Å². The van der Waals surface area contributed by atoms with Gasteiger partial charge in [-0.15, -0.1) is 11.3 Å². The Morgan fingerprint density at radius 1 is 1.21 bits per heavy atom. The number of esters is 1. The van der Waals surface area contributed by atoms with Crippen molar-refractivity contribution >= 4 is 45.2 Å². The van der Waals surface area contributed by atoms with Crippen LogP contribution in [0.1, 0.15) is 10.4 Å². The average molecular weight is 334 g/mol. The SMILES string of the molecule is O=C1OC(c2cccs2)=N/C1=C\c1ccccc1Br. The number of rotatable bonds is 2. The lowest BCUT2D eigenvalue weighted by Crippen LogP contribution is -2.03. The molecule has 0 radical (unpaired) electrons. The van der Waals surface area contributed by atoms with Gasteiger partial charge in [0.05, 0.1) is 4.88 Å². The molecule has 0 bridgehead atoms. The van der Waals surface area contributed by atoms with Crippen LogP contribution >= 0.6 is 27.3 Å². The lowest BCUT2D eigenvalue weighted by molar-refractivity contribution is -0.129. The Balaban J connectivity index is 1.98. The summed E-state index contributed by atoms with van der Waals surface area (Å²) in [6.45, 7) is 0. The second-order valence-electron chi connectivity index (χ2n) is 3.83. The van der Waals surface area contributed by atoms with Gasteiger partial charge in [-0.1, -0.05) is 40.2 Å². The summed E-state index contributed by atoms with van der Waals surface area (Å²) in [5.74, 6) is -0.0440. The minimum atomic E-state index is -0.417. The average Bonchev–Trinajstić information content (AvgIpc) is 3.02. The first-order valence-electron chi connectivity index (χ1n) is 5.55. The van der Waals surface area contributed by atoms with E-state index in [1.165, 1.54) is 11.3 Å². The van der Waals surface area contributed by atoms with Gasteiger partial charge in [0.15, 0.2) is 5.70 Å². The molecule has 0 unspecified atom stereocenters. The molecular weight excluding hydrogens is 326 g/mol. The zero-order chi connectivity index (χ0) is 13.2. The van der Waals surface area contributed by atoms with Crippen molar-refractivity contribution in [2.45, 2.75) is 0 Å². The normalized spacial score (nSPS) is 16.6. The Morgan fingerprint density at radius 3 is 2.79 bits per heavy atom. The van der Waals surface area contributed by atoms with E-state index in [1.54, 1.807) is 6.08 Å². The Morgan fingerprint density at radius 2 is 2.05 bits per heavy atom. The lowest BCUT2D eigenvalue weighted by Gasteiger charge is -1.96. The third kappa shape index (κ3) is 2.52. The van der Waals surface area contributed by atoms with E-state index in [2.05, 4.69) is 20.9 Å². The summed E-state index contributed by atoms with van der Waals surface area (Å²) in [4.78, 5) is 16.9. The van der Waals surface area contributed by atoms with Gasteiger partial charge in [-0.05, 0) is 29.2 Å². The van der Waals surface area contributed by atoms with E-state index in [-0.39, 0.29) is 0 Å². The Labute approximate surface area is 122 Å². The topological polar surface area (TPSA) is 38.7 Å². The second-order valence-corrected chi connectivity index (χ2v) is 5.64. The van der Waals surface area contributed by atoms with Crippen LogP contribution in [-0.2, 0) is 9.53 Å². The fourth-order valence-electron chi connectivity index (χ4n) is 1.65. The summed E-state index contributed by atoms with van der Waals surface area (Å²) in [7, 11) is 0. The number of benzene rings is 1. The molecule has 1 aliphatic rings. The fraction of sp³-hybridized carbons (Fsp3) is 0. The molecule has 94 valence electrons. The number of cyclic esters (lactones) is 1. The van der Waals surface area contributed by atoms with Crippen molar-refractivity contribution in [2.24, 2.45) is 4.99 Å². The maximum atomic E-state index is 11.8. The number of halogens is 1. The smallest absolute Gasteiger partial charge is 0.363 e. The van der Waals surface area contributed by atoms with Crippen LogP contribution in [0.5, 0.6) is 0 Å². The number of ether oxygens (including phenoxy) is 1. The van der Waals surface area contributed by atoms with Crippen molar-refractivity contribution < 1.29 is 9.53 Å². The van der Waals surface area contributed by atoms with Gasteiger partial charge in [0.1, 0.15) is 0 Å². The van der Waals surface area contributed by atoms with Gasteiger partial charge in [0.2, 0.25) is 5.90 Å². The van der Waals surface area contributed by atoms with Crippen LogP contribution in [0.15, 0.2) is 56.9 Å². The molecule has 5 heteroatoms. The number of thiophene rings is 1. The Bertz CT molecular complexity index is 689. The summed E-state index contributed by atoms with van der Waals surface area (Å²) < 4.78 is 6.08. The van der Waals surface area contributed by atoms with E-state index in [0.29, 0.717) is 11.6 Å². The van der Waals surface area contributed by atoms with E-state index in [4.69, 9.17) is 4.74 Å². The number of aliphatic imine (C=N–C) groups is 1. The minimum Gasteiger partial charge on any atom is -0.401 e. The van der Waals surface area contributed by atoms with Crippen LogP contribution < -0.4 is 0 Å². The number of nitrogens with zero attached hydrogens (tertiary/aromatic N) is 1. The van der Waals surface area contributed by atoms with Crippen molar-refractivity contribution in [3.05, 3.63) is 62.4 Å². The number of carbonyl (C=O) groups excluding carboxylic acids is 1. The van der Waals surface area contributed by atoms with Gasteiger partial charge in [-0.3, -0.25) is 0 Å². The molecule has 3 nitrogen and oxygen atoms in total. The van der Waals surface area contributed by atoms with Crippen molar-refractivity contribution in [3.8, 4) is 0 Å². The van der Waals surface area contributed by atoms with Crippen molar-refractivity contribution in [3.63, 3.8) is 0 Å². The third-order valence-electron chi connectivity index (χ3n) is 2.55. The molecule has 0 spiro atoms. The van der Waals surface area contributed by atoms with Crippen molar-refractivity contribution in [2.75, 3.05) is 0 Å². The van der Waals surface area contributed by atoms with Gasteiger partial charge in [0, 0.05) is 4.47 Å². The standard InChI is InChI=1S/C14H8BrNO2S/c15-10-5-2-1-4-9(10)8-11-14(17)18-13(16-11)12-6-3-7-19-12/h1-8H/b11-8-. The molecule has 19 heavy (non-hydrogen) atoms. The molecule has 0 aliphatic carbocycles. The molecule has 1 aromatic heterocycles. The zero-order valence-electron chi connectivity index (χ0n) is 9.67. The molecule has 0 N–H and O–H groups in total. The Hall–Kier alpha value is -1.72. The highest BCUT2D eigenvalue weighted by Gasteiger charge is 2.24. The van der Waals surface area contributed by atoms with Crippen LogP contribution in [0.25, 0.3) is 6.08 Å². The molecule has 3 rings (SSSR count). The van der Waals surface area contributed by atoms with Gasteiger partial charge < -0.3 is 4.74 Å². The quantitative estimate of drug-likeness (QED) is 0.618. The van der Waals surface area contributed by atoms with Crippen LogP contribution in [0.4, 0.5) is 0 Å². The molecule has 1 aliphatic heterocycles. The predicted octanol–water partition coefficient (Wildman–Crippen LogP) is 3.86. The number of hydrogen-bond donors (Lipinski definition) is 0. The number of hydrogen-bond acceptors (Lipinski definition) is 4. The molecule has 0 amide bonds. The summed E-state index contributed by atoms with van der Waals surface area (Å²) in [5, 5.41) is 1.92. The lowest BCUT2D eigenvalue weighted by atomic mass is 10.2. The highest BCUT2D eigenvalue weighted by molar-refractivity contribution is 9.10. The summed E-state index contributed by atoms with van der Waals surface area (Å²) in [6, 6.07) is 11.4. The highest BCUT2D eigenvalue weighted by Crippen LogP contribution is 2.24. The van der Waals surface area contributed by atoms with Crippen molar-refractivity contribution in [1.29, 1.82) is 0 Å². The Kier molecular flexibility index (Phi) is 3.31. The van der Waals surface area contributed by atoms with E-state index < -0.39 is 5.97 Å². The van der Waals surface area contributed by atoms with E-state index in [0.717, 1.165) is 14.9 Å². The minimum absolute atomic E-state index is 0.315. The number of carbonyl (C=O) groups is 1. The van der Waals surface area contributed by atoms with Gasteiger partial charge in [0.25, 0.3) is 0 Å². The van der Waals surface area contributed by atoms with E-state index in [9.17, 15) is 4.79 Å². The highest BCUT2D eigenvalue weighted by atomic mass is 79.9. The zero-order valence-corrected chi connectivity index (χ0v) is 12.1. The molecule has 0 atom stereocenters. The van der Waals surface area contributed by atoms with E-state index >= 15 is 0 Å². The molecule has 2 aromatic rings. The molecular formula is C14H8BrNO2S. The van der Waals surface area contributed by atoms with Crippen LogP contribution in [-0.4, -0.2) is 11.9 Å². The maximum absolute atomic E-state index is 11.8. The summed E-state index contributed by atoms with van der Waals surface area (Å²) in [6.07, 6.45) is 1.72. The van der Waals surface area contributed by atoms with Gasteiger partial charge in [-0.2, -0.15) is 0 Å². The van der Waals surface area contributed by atoms with Crippen LogP contribution in [0, 0.1) is 0 Å². The molecule has 0 fully saturated rings. The maximum Gasteiger partial charge on any atom is 0.363 e. The fourth-order valence-corrected chi connectivity index (χ4v) is 2.70. The monoisotopic (exact) mass is 333 g/mol. The molecule has 0 saturated carbocycles. The largest absolute Gasteiger partial charge is 0.401 e. The molecule has 1 aromatic carbocycles. The first kappa shape index (κ1) is 12.3. The first-order chi connectivity index (χ1) is 9.24. The molecule has 2 heterocycles. The van der Waals surface area contributed by atoms with E-state index in [1.807, 2.05) is 41.8 Å². The third-order valence-corrected chi connectivity index (χ3v) is 4.13. The summed E-state index contributed by atoms with van der Waals surface area (Å²) in [5.41, 5.74) is 1.21. The van der Waals surface area contributed by atoms with Gasteiger partial charge in [-0.25, -0.2) is 9.79 Å². The second kappa shape index (κ2) is 5.11.